The fourth-order valence-electron chi connectivity index (χ4n) is 3.56. The molecule has 0 aliphatic carbocycles. The first-order valence-corrected chi connectivity index (χ1v) is 10.1. The van der Waals surface area contributed by atoms with Crippen LogP contribution in [-0.4, -0.2) is 64.2 Å². The summed E-state index contributed by atoms with van der Waals surface area (Å²) in [5.41, 5.74) is 5.96. The molecule has 178 valence electrons. The van der Waals surface area contributed by atoms with E-state index in [-0.39, 0.29) is 13.0 Å². The standard InChI is InChI=1S/C20H28F4N6O2/c1-18(2,19(3,21)22)6-13(25)14-8-30-16(28-14)5-12(7-27-30)15(9-32-4)29-11-20(23,24)10-26-17(29)31/h5,7-8,13,15H,6,9-11,25H2,1-4H3,(H,26,31)/t13-,15+/m0/s1. The zero-order valence-corrected chi connectivity index (χ0v) is 18.4. The maximum absolute atomic E-state index is 13.9. The molecule has 2 aromatic rings. The van der Waals surface area contributed by atoms with E-state index < -0.39 is 48.5 Å². The van der Waals surface area contributed by atoms with Gasteiger partial charge in [0.15, 0.2) is 5.65 Å². The van der Waals surface area contributed by atoms with Crippen molar-refractivity contribution >= 4 is 11.7 Å². The van der Waals surface area contributed by atoms with Crippen LogP contribution in [0.25, 0.3) is 5.65 Å². The number of carbonyl (C=O) groups is 1. The largest absolute Gasteiger partial charge is 0.382 e. The fraction of sp³-hybridized carbons (Fsp3) is 0.650. The minimum absolute atomic E-state index is 0.0113. The zero-order chi connectivity index (χ0) is 23.9. The molecule has 1 aliphatic rings. The molecule has 0 radical (unpaired) electrons. The summed E-state index contributed by atoms with van der Waals surface area (Å²) < 4.78 is 62.1. The number of aromatic nitrogens is 3. The minimum atomic E-state index is -3.08. The van der Waals surface area contributed by atoms with Crippen molar-refractivity contribution in [3.05, 3.63) is 29.7 Å². The molecule has 8 nitrogen and oxygen atoms in total. The summed E-state index contributed by atoms with van der Waals surface area (Å²) in [4.78, 5) is 17.6. The second kappa shape index (κ2) is 8.47. The topological polar surface area (TPSA) is 97.8 Å². The van der Waals surface area contributed by atoms with Gasteiger partial charge in [0.25, 0.3) is 5.92 Å². The summed E-state index contributed by atoms with van der Waals surface area (Å²) in [5, 5.41) is 6.42. The van der Waals surface area contributed by atoms with Crippen LogP contribution >= 0.6 is 0 Å². The molecule has 32 heavy (non-hydrogen) atoms. The Morgan fingerprint density at radius 1 is 1.34 bits per heavy atom. The van der Waals surface area contributed by atoms with E-state index >= 15 is 0 Å². The van der Waals surface area contributed by atoms with Gasteiger partial charge in [-0.05, 0) is 19.4 Å². The average Bonchev–Trinajstić information content (AvgIpc) is 3.10. The Labute approximate surface area is 183 Å². The van der Waals surface area contributed by atoms with E-state index in [0.717, 1.165) is 11.8 Å². The number of carbonyl (C=O) groups excluding carboxylic acids is 1. The number of hydrogen-bond donors (Lipinski definition) is 2. The van der Waals surface area contributed by atoms with Crippen LogP contribution in [0.2, 0.25) is 0 Å². The lowest BCUT2D eigenvalue weighted by molar-refractivity contribution is -0.0949. The second-order valence-electron chi connectivity index (χ2n) is 8.95. The van der Waals surface area contributed by atoms with Crippen molar-refractivity contribution in [1.29, 1.82) is 0 Å². The van der Waals surface area contributed by atoms with Crippen molar-refractivity contribution in [3.63, 3.8) is 0 Å². The van der Waals surface area contributed by atoms with Gasteiger partial charge in [-0.15, -0.1) is 0 Å². The highest BCUT2D eigenvalue weighted by Crippen LogP contribution is 2.41. The maximum Gasteiger partial charge on any atom is 0.318 e. The SMILES string of the molecule is COC[C@H](c1cnn2cc([C@@H](N)CC(C)(C)C(C)(F)F)nc2c1)N1CC(F)(F)CNC1=O. The predicted octanol–water partition coefficient (Wildman–Crippen LogP) is 3.15. The molecule has 2 amide bonds. The number of nitrogens with one attached hydrogen (secondary N) is 1. The van der Waals surface area contributed by atoms with Gasteiger partial charge < -0.3 is 20.7 Å². The number of fused-ring (bicyclic) bond motifs is 1. The molecule has 3 heterocycles. The smallest absolute Gasteiger partial charge is 0.318 e. The third-order valence-corrected chi connectivity index (χ3v) is 5.90. The number of halogens is 4. The number of rotatable bonds is 8. The average molecular weight is 460 g/mol. The predicted molar refractivity (Wildman–Crippen MR) is 109 cm³/mol. The van der Waals surface area contributed by atoms with Gasteiger partial charge in [0.05, 0.1) is 43.8 Å². The summed E-state index contributed by atoms with van der Waals surface area (Å²) in [5.74, 6) is -6.02. The number of ether oxygens (including phenoxy) is 1. The van der Waals surface area contributed by atoms with Gasteiger partial charge in [-0.3, -0.25) is 0 Å². The number of methoxy groups -OCH3 is 1. The van der Waals surface area contributed by atoms with Gasteiger partial charge in [-0.25, -0.2) is 31.9 Å². The molecular formula is C20H28F4N6O2. The summed E-state index contributed by atoms with van der Waals surface area (Å²) >= 11 is 0. The third kappa shape index (κ3) is 4.96. The number of hydrogen-bond acceptors (Lipinski definition) is 5. The lowest BCUT2D eigenvalue weighted by atomic mass is 9.80. The van der Waals surface area contributed by atoms with Crippen molar-refractivity contribution in [2.24, 2.45) is 11.1 Å². The van der Waals surface area contributed by atoms with Crippen molar-refractivity contribution in [2.45, 2.75) is 51.1 Å². The number of imidazole rings is 1. The van der Waals surface area contributed by atoms with E-state index in [1.807, 2.05) is 0 Å². The summed E-state index contributed by atoms with van der Waals surface area (Å²) in [6, 6.07) is -0.629. The van der Waals surface area contributed by atoms with Crippen LogP contribution in [0.5, 0.6) is 0 Å². The normalized spacial score (nSPS) is 19.2. The lowest BCUT2D eigenvalue weighted by Crippen LogP contribution is -2.58. The Balaban J connectivity index is 1.89. The fourth-order valence-corrected chi connectivity index (χ4v) is 3.56. The quantitative estimate of drug-likeness (QED) is 0.590. The number of amides is 2. The molecule has 1 fully saturated rings. The first kappa shape index (κ1) is 24.2. The molecule has 2 atom stereocenters. The van der Waals surface area contributed by atoms with Crippen LogP contribution in [-0.2, 0) is 4.74 Å². The van der Waals surface area contributed by atoms with Gasteiger partial charge in [0.2, 0.25) is 5.92 Å². The van der Waals surface area contributed by atoms with E-state index in [4.69, 9.17) is 10.5 Å². The Bertz CT molecular complexity index is 975. The summed E-state index contributed by atoms with van der Waals surface area (Å²) in [7, 11) is 1.40. The lowest BCUT2D eigenvalue weighted by Gasteiger charge is -2.38. The van der Waals surface area contributed by atoms with Gasteiger partial charge in [-0.1, -0.05) is 13.8 Å². The Morgan fingerprint density at radius 3 is 2.66 bits per heavy atom. The minimum Gasteiger partial charge on any atom is -0.382 e. The van der Waals surface area contributed by atoms with Crippen LogP contribution in [0, 0.1) is 5.41 Å². The number of alkyl halides is 4. The Hall–Kier alpha value is -2.47. The highest BCUT2D eigenvalue weighted by molar-refractivity contribution is 5.76. The molecule has 0 bridgehead atoms. The maximum atomic E-state index is 13.9. The van der Waals surface area contributed by atoms with Crippen molar-refractivity contribution in [1.82, 2.24) is 24.8 Å². The van der Waals surface area contributed by atoms with Gasteiger partial charge in [0.1, 0.15) is 0 Å². The number of urea groups is 1. The van der Waals surface area contributed by atoms with Crippen molar-refractivity contribution in [2.75, 3.05) is 26.8 Å². The molecule has 1 saturated heterocycles. The molecule has 2 aromatic heterocycles. The summed E-state index contributed by atoms with van der Waals surface area (Å²) in [6.07, 6.45) is 2.96. The number of nitrogens with two attached hydrogens (primary N) is 1. The van der Waals surface area contributed by atoms with Crippen LogP contribution in [0.4, 0.5) is 22.4 Å². The van der Waals surface area contributed by atoms with Crippen LogP contribution < -0.4 is 11.1 Å². The Morgan fingerprint density at radius 2 is 2.03 bits per heavy atom. The Kier molecular flexibility index (Phi) is 6.40. The van der Waals surface area contributed by atoms with E-state index in [1.54, 1.807) is 12.3 Å². The van der Waals surface area contributed by atoms with E-state index in [2.05, 4.69) is 15.4 Å². The van der Waals surface area contributed by atoms with Gasteiger partial charge in [-0.2, -0.15) is 5.10 Å². The molecular weight excluding hydrogens is 432 g/mol. The van der Waals surface area contributed by atoms with Crippen LogP contribution in [0.3, 0.4) is 0 Å². The third-order valence-electron chi connectivity index (χ3n) is 5.90. The second-order valence-corrected chi connectivity index (χ2v) is 8.95. The van der Waals surface area contributed by atoms with Crippen molar-refractivity contribution in [3.8, 4) is 0 Å². The molecule has 0 unspecified atom stereocenters. The first-order chi connectivity index (χ1) is 14.7. The molecule has 0 spiro atoms. The van der Waals surface area contributed by atoms with E-state index in [0.29, 0.717) is 16.9 Å². The molecule has 1 aliphatic heterocycles. The van der Waals surface area contributed by atoms with Crippen LogP contribution in [0.1, 0.15) is 50.5 Å². The molecule has 0 saturated carbocycles. The number of nitrogens with zero attached hydrogens (tertiary/aromatic N) is 4. The molecule has 3 rings (SSSR count). The molecule has 0 aromatic carbocycles. The zero-order valence-electron chi connectivity index (χ0n) is 18.4. The monoisotopic (exact) mass is 460 g/mol. The van der Waals surface area contributed by atoms with Crippen LogP contribution in [0.15, 0.2) is 18.5 Å². The van der Waals surface area contributed by atoms with E-state index in [9.17, 15) is 22.4 Å². The highest BCUT2D eigenvalue weighted by atomic mass is 19.3. The molecule has 3 N–H and O–H groups in total. The van der Waals surface area contributed by atoms with Crippen molar-refractivity contribution < 1.29 is 27.1 Å². The van der Waals surface area contributed by atoms with Gasteiger partial charge >= 0.3 is 6.03 Å². The van der Waals surface area contributed by atoms with Gasteiger partial charge in [0, 0.05) is 24.1 Å². The first-order valence-electron chi connectivity index (χ1n) is 10.1. The molecule has 12 heteroatoms. The van der Waals surface area contributed by atoms with E-state index in [1.165, 1.54) is 31.7 Å². The summed E-state index contributed by atoms with van der Waals surface area (Å²) in [6.45, 7) is 2.21. The highest BCUT2D eigenvalue weighted by Gasteiger charge is 2.44.